The van der Waals surface area contributed by atoms with E-state index in [-0.39, 0.29) is 18.9 Å². The molecule has 0 fully saturated rings. The van der Waals surface area contributed by atoms with Gasteiger partial charge in [-0.1, -0.05) is 29.8 Å². The third-order valence-corrected chi connectivity index (χ3v) is 2.91. The van der Waals surface area contributed by atoms with E-state index < -0.39 is 12.1 Å². The highest BCUT2D eigenvalue weighted by molar-refractivity contribution is 6.31. The number of hydrogen-bond donors (Lipinski definition) is 2. The van der Waals surface area contributed by atoms with Crippen molar-refractivity contribution in [2.45, 2.75) is 18.9 Å². The molecule has 0 aliphatic heterocycles. The number of amides is 1. The van der Waals surface area contributed by atoms with Crippen LogP contribution in [0.5, 0.6) is 0 Å². The lowest BCUT2D eigenvalue weighted by Gasteiger charge is -2.10. The van der Waals surface area contributed by atoms with E-state index in [1.165, 1.54) is 7.11 Å². The van der Waals surface area contributed by atoms with Gasteiger partial charge in [0.05, 0.1) is 13.7 Å². The highest BCUT2D eigenvalue weighted by Gasteiger charge is 2.16. The van der Waals surface area contributed by atoms with E-state index in [1.807, 2.05) is 18.2 Å². The summed E-state index contributed by atoms with van der Waals surface area (Å²) in [7, 11) is 1.17. The maximum Gasteiger partial charge on any atom is 0.336 e. The second-order valence-corrected chi connectivity index (χ2v) is 4.34. The number of benzene rings is 1. The van der Waals surface area contributed by atoms with Gasteiger partial charge in [0, 0.05) is 11.4 Å². The van der Waals surface area contributed by atoms with Gasteiger partial charge in [-0.3, -0.25) is 4.79 Å². The number of carbonyl (C=O) groups is 2. The first kappa shape index (κ1) is 15.5. The van der Waals surface area contributed by atoms with Crippen LogP contribution in [-0.4, -0.2) is 36.7 Å². The molecule has 6 heteroatoms. The fourth-order valence-electron chi connectivity index (χ4n) is 1.47. The third-order valence-electron chi connectivity index (χ3n) is 2.55. The van der Waals surface area contributed by atoms with E-state index in [2.05, 4.69) is 10.1 Å². The molecular weight excluding hydrogens is 270 g/mol. The molecule has 0 saturated carbocycles. The molecule has 1 atom stereocenters. The van der Waals surface area contributed by atoms with E-state index in [0.717, 1.165) is 5.56 Å². The van der Waals surface area contributed by atoms with E-state index in [9.17, 15) is 14.7 Å². The minimum absolute atomic E-state index is 0.159. The van der Waals surface area contributed by atoms with Crippen molar-refractivity contribution in [2.24, 2.45) is 0 Å². The van der Waals surface area contributed by atoms with Crippen LogP contribution in [0, 0.1) is 0 Å². The summed E-state index contributed by atoms with van der Waals surface area (Å²) < 4.78 is 4.33. The number of methoxy groups -OCH3 is 1. The minimum Gasteiger partial charge on any atom is -0.467 e. The third kappa shape index (κ3) is 5.28. The summed E-state index contributed by atoms with van der Waals surface area (Å²) >= 11 is 5.96. The molecule has 0 spiro atoms. The molecule has 0 heterocycles. The van der Waals surface area contributed by atoms with Gasteiger partial charge in [0.2, 0.25) is 5.91 Å². The predicted molar refractivity (Wildman–Crippen MR) is 70.8 cm³/mol. The average molecular weight is 286 g/mol. The van der Waals surface area contributed by atoms with Crippen molar-refractivity contribution in [2.75, 3.05) is 13.7 Å². The van der Waals surface area contributed by atoms with Crippen LogP contribution < -0.4 is 5.32 Å². The van der Waals surface area contributed by atoms with Gasteiger partial charge in [-0.05, 0) is 18.1 Å². The molecule has 0 aliphatic rings. The van der Waals surface area contributed by atoms with Crippen molar-refractivity contribution in [1.29, 1.82) is 0 Å². The second kappa shape index (κ2) is 7.76. The molecule has 1 aromatic rings. The van der Waals surface area contributed by atoms with Crippen LogP contribution in [0.25, 0.3) is 0 Å². The lowest BCUT2D eigenvalue weighted by atomic mass is 10.1. The Morgan fingerprint density at radius 3 is 2.74 bits per heavy atom. The fraction of sp³-hybridized carbons (Fsp3) is 0.385. The van der Waals surface area contributed by atoms with E-state index in [0.29, 0.717) is 11.4 Å². The Kier molecular flexibility index (Phi) is 6.32. The van der Waals surface area contributed by atoms with E-state index in [4.69, 9.17) is 11.6 Å². The number of nitrogens with one attached hydrogen (secondary N) is 1. The van der Waals surface area contributed by atoms with Crippen molar-refractivity contribution in [3.05, 3.63) is 34.9 Å². The predicted octanol–water partition coefficient (Wildman–Crippen LogP) is 0.923. The topological polar surface area (TPSA) is 75.6 Å². The molecule has 104 valence electrons. The van der Waals surface area contributed by atoms with Crippen molar-refractivity contribution >= 4 is 23.5 Å². The van der Waals surface area contributed by atoms with Crippen molar-refractivity contribution < 1.29 is 19.4 Å². The number of rotatable bonds is 6. The molecule has 0 radical (unpaired) electrons. The average Bonchev–Trinajstić information content (AvgIpc) is 2.42. The number of esters is 1. The van der Waals surface area contributed by atoms with Gasteiger partial charge < -0.3 is 15.2 Å². The minimum atomic E-state index is -1.34. The van der Waals surface area contributed by atoms with Gasteiger partial charge in [0.1, 0.15) is 0 Å². The monoisotopic (exact) mass is 285 g/mol. The van der Waals surface area contributed by atoms with Crippen LogP contribution in [0.1, 0.15) is 12.0 Å². The van der Waals surface area contributed by atoms with Crippen LogP contribution in [-0.2, 0) is 20.7 Å². The quantitative estimate of drug-likeness (QED) is 0.762. The molecule has 5 nitrogen and oxygen atoms in total. The smallest absolute Gasteiger partial charge is 0.336 e. The fourth-order valence-corrected chi connectivity index (χ4v) is 1.70. The molecule has 1 rings (SSSR count). The summed E-state index contributed by atoms with van der Waals surface area (Å²) in [6.07, 6.45) is -0.605. The van der Waals surface area contributed by atoms with Gasteiger partial charge in [0.15, 0.2) is 6.10 Å². The van der Waals surface area contributed by atoms with Gasteiger partial charge in [-0.15, -0.1) is 0 Å². The first-order valence-electron chi connectivity index (χ1n) is 5.80. The van der Waals surface area contributed by atoms with E-state index in [1.54, 1.807) is 6.07 Å². The Morgan fingerprint density at radius 1 is 1.42 bits per heavy atom. The Bertz CT molecular complexity index is 450. The van der Waals surface area contributed by atoms with Gasteiger partial charge >= 0.3 is 5.97 Å². The molecule has 1 amide bonds. The van der Waals surface area contributed by atoms with Gasteiger partial charge in [0.25, 0.3) is 0 Å². The number of aliphatic hydroxyl groups is 1. The van der Waals surface area contributed by atoms with Crippen molar-refractivity contribution in [3.8, 4) is 0 Å². The van der Waals surface area contributed by atoms with Crippen molar-refractivity contribution in [1.82, 2.24) is 5.32 Å². The first-order valence-corrected chi connectivity index (χ1v) is 6.18. The van der Waals surface area contributed by atoms with Crippen LogP contribution in [0.2, 0.25) is 5.02 Å². The summed E-state index contributed by atoms with van der Waals surface area (Å²) in [5.41, 5.74) is 0.882. The Labute approximate surface area is 116 Å². The standard InChI is InChI=1S/C13H16ClNO4/c1-19-13(18)11(16)8-15-12(17)7-6-9-4-2-3-5-10(9)14/h2-5,11,16H,6-8H2,1H3,(H,15,17). The summed E-state index contributed by atoms with van der Waals surface area (Å²) in [5, 5.41) is 12.4. The molecule has 0 bridgehead atoms. The van der Waals surface area contributed by atoms with Gasteiger partial charge in [-0.2, -0.15) is 0 Å². The highest BCUT2D eigenvalue weighted by atomic mass is 35.5. The molecule has 1 aromatic carbocycles. The lowest BCUT2D eigenvalue weighted by Crippen LogP contribution is -2.37. The number of hydrogen-bond acceptors (Lipinski definition) is 4. The molecule has 0 saturated heterocycles. The SMILES string of the molecule is COC(=O)C(O)CNC(=O)CCc1ccccc1Cl. The zero-order valence-electron chi connectivity index (χ0n) is 10.6. The van der Waals surface area contributed by atoms with Crippen LogP contribution in [0.4, 0.5) is 0 Å². The molecule has 0 aromatic heterocycles. The number of halogens is 1. The second-order valence-electron chi connectivity index (χ2n) is 3.93. The Balaban J connectivity index is 2.33. The molecular formula is C13H16ClNO4. The number of carbonyl (C=O) groups excluding carboxylic acids is 2. The zero-order valence-corrected chi connectivity index (χ0v) is 11.3. The van der Waals surface area contributed by atoms with Crippen LogP contribution >= 0.6 is 11.6 Å². The lowest BCUT2D eigenvalue weighted by molar-refractivity contribution is -0.150. The number of aryl methyl sites for hydroxylation is 1. The Morgan fingerprint density at radius 2 is 2.11 bits per heavy atom. The maximum atomic E-state index is 11.5. The zero-order chi connectivity index (χ0) is 14.3. The summed E-state index contributed by atoms with van der Waals surface area (Å²) in [6.45, 7) is -0.159. The first-order chi connectivity index (χ1) is 9.04. The highest BCUT2D eigenvalue weighted by Crippen LogP contribution is 2.16. The van der Waals surface area contributed by atoms with E-state index >= 15 is 0 Å². The summed E-state index contributed by atoms with van der Waals surface area (Å²) in [6, 6.07) is 7.27. The largest absolute Gasteiger partial charge is 0.467 e. The number of aliphatic hydroxyl groups excluding tert-OH is 1. The maximum absolute atomic E-state index is 11.5. The van der Waals surface area contributed by atoms with Crippen LogP contribution in [0.15, 0.2) is 24.3 Å². The Hall–Kier alpha value is -1.59. The molecule has 19 heavy (non-hydrogen) atoms. The van der Waals surface area contributed by atoms with Gasteiger partial charge in [-0.25, -0.2) is 4.79 Å². The van der Waals surface area contributed by atoms with Crippen LogP contribution in [0.3, 0.4) is 0 Å². The summed E-state index contributed by atoms with van der Waals surface area (Å²) in [5.74, 6) is -1.03. The normalized spacial score (nSPS) is 11.7. The number of ether oxygens (including phenoxy) is 1. The summed E-state index contributed by atoms with van der Waals surface area (Å²) in [4.78, 5) is 22.4. The molecule has 0 aliphatic carbocycles. The molecule has 1 unspecified atom stereocenters. The molecule has 2 N–H and O–H groups in total. The van der Waals surface area contributed by atoms with Crippen molar-refractivity contribution in [3.63, 3.8) is 0 Å².